The summed E-state index contributed by atoms with van der Waals surface area (Å²) in [5, 5.41) is 5.72. The number of amides is 2. The molecule has 8 nitrogen and oxygen atoms in total. The van der Waals surface area contributed by atoms with E-state index in [1.54, 1.807) is 41.3 Å². The molecule has 2 amide bonds. The van der Waals surface area contributed by atoms with Gasteiger partial charge >= 0.3 is 12.6 Å². The molecule has 0 fully saturated rings. The third-order valence-corrected chi connectivity index (χ3v) is 5.48. The molecule has 0 atom stereocenters. The van der Waals surface area contributed by atoms with Crippen molar-refractivity contribution in [1.29, 1.82) is 0 Å². The molecule has 0 aromatic heterocycles. The Kier molecular flexibility index (Phi) is 7.43. The standard InChI is InChI=1S/C26H23F2N3O5/c1-16(32)31-13-12-17-14-19(8-11-23(17)31)30-24(33)15-35-25(34)21-4-2-3-5-22(21)29-18-6-9-20(10-7-18)36-26(27)28/h2-11,14,26,29H,12-13,15H2,1H3,(H,30,33). The number of carbonyl (C=O) groups is 3. The SMILES string of the molecule is CC(=O)N1CCc2cc(NC(=O)COC(=O)c3ccccc3Nc3ccc(OC(F)F)cc3)ccc21. The van der Waals surface area contributed by atoms with Crippen molar-refractivity contribution in [2.24, 2.45) is 0 Å². The zero-order chi connectivity index (χ0) is 25.7. The molecule has 4 rings (SSSR count). The molecule has 1 heterocycles. The fraction of sp³-hybridized carbons (Fsp3) is 0.192. The van der Waals surface area contributed by atoms with Crippen molar-refractivity contribution in [3.05, 3.63) is 77.9 Å². The van der Waals surface area contributed by atoms with Gasteiger partial charge in [-0.25, -0.2) is 4.79 Å². The van der Waals surface area contributed by atoms with Gasteiger partial charge in [-0.05, 0) is 66.6 Å². The Bertz CT molecular complexity index is 1280. The molecule has 2 N–H and O–H groups in total. The maximum Gasteiger partial charge on any atom is 0.387 e. The number of anilines is 4. The van der Waals surface area contributed by atoms with E-state index in [0.717, 1.165) is 11.3 Å². The van der Waals surface area contributed by atoms with E-state index in [-0.39, 0.29) is 17.2 Å². The second-order valence-electron chi connectivity index (χ2n) is 7.96. The molecule has 0 spiro atoms. The van der Waals surface area contributed by atoms with Crippen molar-refractivity contribution in [2.75, 3.05) is 28.7 Å². The third kappa shape index (κ3) is 5.96. The highest BCUT2D eigenvalue weighted by molar-refractivity contribution is 5.99. The molecule has 186 valence electrons. The Hall–Kier alpha value is -4.47. The summed E-state index contributed by atoms with van der Waals surface area (Å²) in [6.45, 7) is -1.31. The van der Waals surface area contributed by atoms with Crippen LogP contribution in [-0.4, -0.2) is 37.5 Å². The van der Waals surface area contributed by atoms with Crippen LogP contribution < -0.4 is 20.3 Å². The number of alkyl halides is 2. The van der Waals surface area contributed by atoms with Crippen molar-refractivity contribution in [3.8, 4) is 5.75 Å². The van der Waals surface area contributed by atoms with E-state index in [1.807, 2.05) is 0 Å². The molecule has 3 aromatic carbocycles. The fourth-order valence-corrected chi connectivity index (χ4v) is 3.86. The van der Waals surface area contributed by atoms with Gasteiger partial charge in [0.15, 0.2) is 6.61 Å². The molecular weight excluding hydrogens is 472 g/mol. The van der Waals surface area contributed by atoms with Crippen LogP contribution in [0.1, 0.15) is 22.8 Å². The summed E-state index contributed by atoms with van der Waals surface area (Å²) < 4.78 is 34.2. The van der Waals surface area contributed by atoms with E-state index in [4.69, 9.17) is 4.74 Å². The smallest absolute Gasteiger partial charge is 0.387 e. The van der Waals surface area contributed by atoms with Gasteiger partial charge in [0.25, 0.3) is 5.91 Å². The summed E-state index contributed by atoms with van der Waals surface area (Å²) >= 11 is 0. The molecule has 3 aromatic rings. The Morgan fingerprint density at radius 3 is 2.44 bits per heavy atom. The normalized spacial score (nSPS) is 12.2. The summed E-state index contributed by atoms with van der Waals surface area (Å²) in [5.74, 6) is -1.25. The number of nitrogens with one attached hydrogen (secondary N) is 2. The zero-order valence-electron chi connectivity index (χ0n) is 19.3. The average Bonchev–Trinajstić information content (AvgIpc) is 3.27. The average molecular weight is 495 g/mol. The Balaban J connectivity index is 1.35. The first kappa shape index (κ1) is 24.6. The first-order valence-corrected chi connectivity index (χ1v) is 11.1. The van der Waals surface area contributed by atoms with Crippen molar-refractivity contribution in [3.63, 3.8) is 0 Å². The van der Waals surface area contributed by atoms with E-state index in [0.29, 0.717) is 30.0 Å². The predicted molar refractivity (Wildman–Crippen MR) is 130 cm³/mol. The van der Waals surface area contributed by atoms with Crippen LogP contribution in [0.25, 0.3) is 0 Å². The quantitative estimate of drug-likeness (QED) is 0.439. The number of para-hydroxylation sites is 1. The van der Waals surface area contributed by atoms with Crippen molar-refractivity contribution in [2.45, 2.75) is 20.0 Å². The van der Waals surface area contributed by atoms with Gasteiger partial charge in [0.1, 0.15) is 5.75 Å². The lowest BCUT2D eigenvalue weighted by molar-refractivity contribution is -0.119. The van der Waals surface area contributed by atoms with Gasteiger partial charge in [0.05, 0.1) is 11.3 Å². The van der Waals surface area contributed by atoms with E-state index < -0.39 is 25.1 Å². The molecule has 0 aliphatic carbocycles. The first-order valence-electron chi connectivity index (χ1n) is 11.1. The minimum absolute atomic E-state index is 0.00815. The Morgan fingerprint density at radius 1 is 1.00 bits per heavy atom. The van der Waals surface area contributed by atoms with E-state index in [1.165, 1.54) is 37.3 Å². The number of fused-ring (bicyclic) bond motifs is 1. The number of hydrogen-bond donors (Lipinski definition) is 2. The molecule has 1 aliphatic heterocycles. The first-order chi connectivity index (χ1) is 17.3. The molecule has 0 radical (unpaired) electrons. The number of ether oxygens (including phenoxy) is 2. The summed E-state index contributed by atoms with van der Waals surface area (Å²) in [4.78, 5) is 38.4. The number of nitrogens with zero attached hydrogens (tertiary/aromatic N) is 1. The lowest BCUT2D eigenvalue weighted by atomic mass is 10.1. The Labute approximate surface area is 205 Å². The highest BCUT2D eigenvalue weighted by atomic mass is 19.3. The molecule has 0 saturated carbocycles. The van der Waals surface area contributed by atoms with Gasteiger partial charge in [-0.2, -0.15) is 8.78 Å². The van der Waals surface area contributed by atoms with Crippen LogP contribution in [0.15, 0.2) is 66.7 Å². The van der Waals surface area contributed by atoms with Crippen LogP contribution in [0.4, 0.5) is 31.5 Å². The maximum atomic E-state index is 12.7. The lowest BCUT2D eigenvalue weighted by Gasteiger charge is -2.15. The lowest BCUT2D eigenvalue weighted by Crippen LogP contribution is -2.25. The van der Waals surface area contributed by atoms with E-state index in [9.17, 15) is 23.2 Å². The van der Waals surface area contributed by atoms with E-state index >= 15 is 0 Å². The van der Waals surface area contributed by atoms with E-state index in [2.05, 4.69) is 15.4 Å². The molecule has 36 heavy (non-hydrogen) atoms. The van der Waals surface area contributed by atoms with Crippen molar-refractivity contribution in [1.82, 2.24) is 0 Å². The minimum atomic E-state index is -2.92. The van der Waals surface area contributed by atoms with Crippen LogP contribution in [0, 0.1) is 0 Å². The van der Waals surface area contributed by atoms with Crippen LogP contribution in [0.3, 0.4) is 0 Å². The molecule has 0 unspecified atom stereocenters. The number of rotatable bonds is 8. The second kappa shape index (κ2) is 10.9. The van der Waals surface area contributed by atoms with Crippen molar-refractivity contribution < 1.29 is 32.6 Å². The van der Waals surface area contributed by atoms with Crippen molar-refractivity contribution >= 4 is 40.5 Å². The van der Waals surface area contributed by atoms with Gasteiger partial charge in [-0.1, -0.05) is 12.1 Å². The molecule has 0 saturated heterocycles. The molecule has 10 heteroatoms. The van der Waals surface area contributed by atoms with Crippen LogP contribution in [0.5, 0.6) is 5.75 Å². The summed E-state index contributed by atoms with van der Waals surface area (Å²) in [7, 11) is 0. The second-order valence-corrected chi connectivity index (χ2v) is 7.96. The highest BCUT2D eigenvalue weighted by Gasteiger charge is 2.22. The van der Waals surface area contributed by atoms with Crippen LogP contribution in [-0.2, 0) is 20.7 Å². The molecule has 0 bridgehead atoms. The van der Waals surface area contributed by atoms with Crippen LogP contribution in [0.2, 0.25) is 0 Å². The number of esters is 1. The third-order valence-electron chi connectivity index (χ3n) is 5.48. The number of carbonyl (C=O) groups excluding carboxylic acids is 3. The van der Waals surface area contributed by atoms with Gasteiger partial charge in [0.2, 0.25) is 5.91 Å². The number of halogens is 2. The fourth-order valence-electron chi connectivity index (χ4n) is 3.86. The van der Waals surface area contributed by atoms with Gasteiger partial charge < -0.3 is 25.0 Å². The van der Waals surface area contributed by atoms with Gasteiger partial charge in [-0.3, -0.25) is 9.59 Å². The maximum absolute atomic E-state index is 12.7. The highest BCUT2D eigenvalue weighted by Crippen LogP contribution is 2.30. The predicted octanol–water partition coefficient (Wildman–Crippen LogP) is 4.74. The number of hydrogen-bond acceptors (Lipinski definition) is 6. The summed E-state index contributed by atoms with van der Waals surface area (Å²) in [5.41, 5.74) is 3.47. The summed E-state index contributed by atoms with van der Waals surface area (Å²) in [6.07, 6.45) is 0.694. The number of benzene rings is 3. The monoisotopic (exact) mass is 495 g/mol. The Morgan fingerprint density at radius 2 is 1.72 bits per heavy atom. The molecule has 1 aliphatic rings. The van der Waals surface area contributed by atoms with Gasteiger partial charge in [-0.15, -0.1) is 0 Å². The summed E-state index contributed by atoms with van der Waals surface area (Å²) in [6, 6.07) is 17.6. The largest absolute Gasteiger partial charge is 0.452 e. The topological polar surface area (TPSA) is 97.0 Å². The minimum Gasteiger partial charge on any atom is -0.452 e. The van der Waals surface area contributed by atoms with Gasteiger partial charge in [0, 0.05) is 30.5 Å². The van der Waals surface area contributed by atoms with Crippen LogP contribution >= 0.6 is 0 Å². The zero-order valence-corrected chi connectivity index (χ0v) is 19.3. The molecular formula is C26H23F2N3O5.